The van der Waals surface area contributed by atoms with Crippen LogP contribution in [0.25, 0.3) is 0 Å². The van der Waals surface area contributed by atoms with E-state index in [0.29, 0.717) is 17.3 Å². The zero-order valence-electron chi connectivity index (χ0n) is 10.8. The molecular formula is C15H17ClN2O. The highest BCUT2D eigenvalue weighted by Crippen LogP contribution is 2.27. The topological polar surface area (TPSA) is 47.3 Å². The van der Waals surface area contributed by atoms with E-state index in [0.717, 1.165) is 17.8 Å². The molecule has 0 bridgehead atoms. The van der Waals surface area contributed by atoms with Gasteiger partial charge < -0.3 is 15.8 Å². The number of nitrogens with two attached hydrogens (primary N) is 1. The van der Waals surface area contributed by atoms with Gasteiger partial charge in [-0.1, -0.05) is 29.8 Å². The molecule has 0 spiro atoms. The fourth-order valence-corrected chi connectivity index (χ4v) is 2.05. The Labute approximate surface area is 118 Å². The first-order valence-electron chi connectivity index (χ1n) is 6.09. The molecule has 2 aromatic carbocycles. The van der Waals surface area contributed by atoms with Crippen LogP contribution in [0.4, 0.5) is 17.1 Å². The van der Waals surface area contributed by atoms with Crippen molar-refractivity contribution in [2.24, 2.45) is 0 Å². The highest BCUT2D eigenvalue weighted by Gasteiger charge is 2.04. The van der Waals surface area contributed by atoms with E-state index in [2.05, 4.69) is 11.4 Å². The van der Waals surface area contributed by atoms with Crippen molar-refractivity contribution in [2.75, 3.05) is 24.8 Å². The normalized spacial score (nSPS) is 10.4. The summed E-state index contributed by atoms with van der Waals surface area (Å²) in [6.45, 7) is 0.689. The fourth-order valence-electron chi connectivity index (χ4n) is 1.86. The molecule has 0 aromatic heterocycles. The van der Waals surface area contributed by atoms with Gasteiger partial charge in [0.05, 0.1) is 18.0 Å². The maximum absolute atomic E-state index is 5.95. The van der Waals surface area contributed by atoms with E-state index in [-0.39, 0.29) is 0 Å². The highest BCUT2D eigenvalue weighted by atomic mass is 35.5. The summed E-state index contributed by atoms with van der Waals surface area (Å²) in [6.07, 6.45) is 0.854. The predicted octanol–water partition coefficient (Wildman–Crippen LogP) is 3.85. The lowest BCUT2D eigenvalue weighted by molar-refractivity contribution is 0.202. The lowest BCUT2D eigenvalue weighted by Gasteiger charge is -2.13. The Hall–Kier alpha value is -1.71. The summed E-state index contributed by atoms with van der Waals surface area (Å²) in [5.74, 6) is 0. The molecular weight excluding hydrogens is 260 g/mol. The highest BCUT2D eigenvalue weighted by molar-refractivity contribution is 6.31. The van der Waals surface area contributed by atoms with E-state index in [9.17, 15) is 0 Å². The molecule has 2 aromatic rings. The maximum atomic E-state index is 5.95. The van der Waals surface area contributed by atoms with Crippen molar-refractivity contribution in [1.82, 2.24) is 0 Å². The van der Waals surface area contributed by atoms with Crippen molar-refractivity contribution in [1.29, 1.82) is 0 Å². The maximum Gasteiger partial charge on any atom is 0.0619 e. The van der Waals surface area contributed by atoms with Crippen LogP contribution in [0.1, 0.15) is 5.56 Å². The number of nitrogens with one attached hydrogen (secondary N) is 1. The molecule has 0 saturated carbocycles. The second-order valence-electron chi connectivity index (χ2n) is 4.26. The van der Waals surface area contributed by atoms with Crippen molar-refractivity contribution in [3.05, 3.63) is 53.1 Å². The number of anilines is 3. The van der Waals surface area contributed by atoms with Gasteiger partial charge in [0.1, 0.15) is 0 Å². The number of hydrogen-bond donors (Lipinski definition) is 2. The lowest BCUT2D eigenvalue weighted by Crippen LogP contribution is -2.01. The molecule has 0 atom stereocenters. The number of para-hydroxylation sites is 1. The minimum Gasteiger partial charge on any atom is -0.397 e. The molecule has 0 heterocycles. The molecule has 3 nitrogen and oxygen atoms in total. The minimum atomic E-state index is 0.633. The van der Waals surface area contributed by atoms with Crippen molar-refractivity contribution >= 4 is 28.7 Å². The van der Waals surface area contributed by atoms with Gasteiger partial charge in [-0.2, -0.15) is 0 Å². The number of ether oxygens (including phenoxy) is 1. The lowest BCUT2D eigenvalue weighted by atomic mass is 10.1. The van der Waals surface area contributed by atoms with Crippen molar-refractivity contribution in [3.63, 3.8) is 0 Å². The van der Waals surface area contributed by atoms with E-state index in [1.807, 2.05) is 30.3 Å². The van der Waals surface area contributed by atoms with Gasteiger partial charge in [0.15, 0.2) is 0 Å². The van der Waals surface area contributed by atoms with Crippen LogP contribution in [0.5, 0.6) is 0 Å². The summed E-state index contributed by atoms with van der Waals surface area (Å²) in [5, 5.41) is 3.97. The molecule has 0 unspecified atom stereocenters. The van der Waals surface area contributed by atoms with Gasteiger partial charge in [0.2, 0.25) is 0 Å². The standard InChI is InChI=1S/C15H17ClN2O/c1-19-9-8-11-4-2-3-5-14(11)18-15-7-6-12(16)10-13(15)17/h2-7,10,18H,8-9,17H2,1H3. The fraction of sp³-hybridized carbons (Fsp3) is 0.200. The van der Waals surface area contributed by atoms with Gasteiger partial charge in [0.25, 0.3) is 0 Å². The number of hydrogen-bond acceptors (Lipinski definition) is 3. The van der Waals surface area contributed by atoms with E-state index < -0.39 is 0 Å². The molecule has 0 radical (unpaired) electrons. The van der Waals surface area contributed by atoms with Crippen LogP contribution in [0.3, 0.4) is 0 Å². The molecule has 0 aliphatic rings. The number of benzene rings is 2. The summed E-state index contributed by atoms with van der Waals surface area (Å²) in [6, 6.07) is 13.5. The molecule has 0 aliphatic carbocycles. The van der Waals surface area contributed by atoms with E-state index >= 15 is 0 Å². The average Bonchev–Trinajstić information content (AvgIpc) is 2.41. The quantitative estimate of drug-likeness (QED) is 0.816. The Kier molecular flexibility index (Phi) is 4.66. The SMILES string of the molecule is COCCc1ccccc1Nc1ccc(Cl)cc1N. The Morgan fingerprint density at radius 3 is 2.68 bits per heavy atom. The molecule has 0 amide bonds. The number of methoxy groups -OCH3 is 1. The molecule has 0 fully saturated rings. The average molecular weight is 277 g/mol. The molecule has 4 heteroatoms. The predicted molar refractivity (Wildman–Crippen MR) is 81.2 cm³/mol. The van der Waals surface area contributed by atoms with Gasteiger partial charge in [-0.25, -0.2) is 0 Å². The molecule has 2 rings (SSSR count). The van der Waals surface area contributed by atoms with Gasteiger partial charge in [-0.3, -0.25) is 0 Å². The molecule has 19 heavy (non-hydrogen) atoms. The summed E-state index contributed by atoms with van der Waals surface area (Å²) in [7, 11) is 1.70. The summed E-state index contributed by atoms with van der Waals surface area (Å²) < 4.78 is 5.12. The zero-order valence-corrected chi connectivity index (χ0v) is 11.6. The summed E-state index contributed by atoms with van der Waals surface area (Å²) >= 11 is 5.90. The Morgan fingerprint density at radius 2 is 1.95 bits per heavy atom. The van der Waals surface area contributed by atoms with Crippen LogP contribution in [0.15, 0.2) is 42.5 Å². The number of nitrogen functional groups attached to an aromatic ring is 1. The van der Waals surface area contributed by atoms with Crippen molar-refractivity contribution < 1.29 is 4.74 Å². The van der Waals surface area contributed by atoms with Crippen LogP contribution in [-0.2, 0) is 11.2 Å². The summed E-state index contributed by atoms with van der Waals surface area (Å²) in [5.41, 5.74) is 9.67. The van der Waals surface area contributed by atoms with Crippen LogP contribution in [0.2, 0.25) is 5.02 Å². The second-order valence-corrected chi connectivity index (χ2v) is 4.69. The molecule has 100 valence electrons. The molecule has 0 saturated heterocycles. The van der Waals surface area contributed by atoms with Gasteiger partial charge in [-0.05, 0) is 36.2 Å². The largest absolute Gasteiger partial charge is 0.397 e. The zero-order chi connectivity index (χ0) is 13.7. The first-order chi connectivity index (χ1) is 9.20. The van der Waals surface area contributed by atoms with Gasteiger partial charge in [0, 0.05) is 17.8 Å². The monoisotopic (exact) mass is 276 g/mol. The van der Waals surface area contributed by atoms with E-state index in [1.165, 1.54) is 5.56 Å². The van der Waals surface area contributed by atoms with Crippen LogP contribution >= 0.6 is 11.6 Å². The Balaban J connectivity index is 2.22. The number of rotatable bonds is 5. The van der Waals surface area contributed by atoms with Crippen molar-refractivity contribution in [3.8, 4) is 0 Å². The summed E-state index contributed by atoms with van der Waals surface area (Å²) in [4.78, 5) is 0. The second kappa shape index (κ2) is 6.45. The van der Waals surface area contributed by atoms with E-state index in [1.54, 1.807) is 13.2 Å². The minimum absolute atomic E-state index is 0.633. The van der Waals surface area contributed by atoms with Crippen molar-refractivity contribution in [2.45, 2.75) is 6.42 Å². The third kappa shape index (κ3) is 3.63. The van der Waals surface area contributed by atoms with Crippen LogP contribution in [0, 0.1) is 0 Å². The third-order valence-electron chi connectivity index (χ3n) is 2.88. The van der Waals surface area contributed by atoms with Gasteiger partial charge >= 0.3 is 0 Å². The van der Waals surface area contributed by atoms with E-state index in [4.69, 9.17) is 22.1 Å². The third-order valence-corrected chi connectivity index (χ3v) is 3.11. The smallest absolute Gasteiger partial charge is 0.0619 e. The molecule has 3 N–H and O–H groups in total. The van der Waals surface area contributed by atoms with Crippen LogP contribution in [-0.4, -0.2) is 13.7 Å². The first-order valence-corrected chi connectivity index (χ1v) is 6.47. The van der Waals surface area contributed by atoms with Crippen LogP contribution < -0.4 is 11.1 Å². The number of halogens is 1. The Bertz CT molecular complexity index is 558. The first kappa shape index (κ1) is 13.7. The van der Waals surface area contributed by atoms with Gasteiger partial charge in [-0.15, -0.1) is 0 Å². The molecule has 0 aliphatic heterocycles. The Morgan fingerprint density at radius 1 is 1.16 bits per heavy atom.